The zero-order chi connectivity index (χ0) is 21.7. The molecule has 0 aliphatic heterocycles. The Hall–Kier alpha value is -3.35. The number of aliphatic carboxylic acids is 1. The van der Waals surface area contributed by atoms with Crippen LogP contribution in [0.1, 0.15) is 37.3 Å². The van der Waals surface area contributed by atoms with Gasteiger partial charge in [0.2, 0.25) is 5.91 Å². The molecule has 0 saturated heterocycles. The Morgan fingerprint density at radius 2 is 1.57 bits per heavy atom. The average Bonchev–Trinajstić information content (AvgIpc) is 3.04. The van der Waals surface area contributed by atoms with E-state index in [9.17, 15) is 14.4 Å². The summed E-state index contributed by atoms with van der Waals surface area (Å²) in [6.45, 7) is 3.46. The van der Waals surface area contributed by atoms with Gasteiger partial charge in [0.15, 0.2) is 0 Å². The standard InChI is InChI=1S/C23H26N2O5/c1-14(22(27)28)12-24-21(26)11-15(2)25-23(29)30-13-20-18-9-5-3-7-16(18)17-8-4-6-10-19(17)20/h3-10,14-15,20H,11-13H2,1-2H3,(H,24,26)(H,25,29)(H,27,28)/t14?,15-/m0/s1. The summed E-state index contributed by atoms with van der Waals surface area (Å²) < 4.78 is 5.46. The van der Waals surface area contributed by atoms with Crippen molar-refractivity contribution in [2.24, 2.45) is 5.92 Å². The lowest BCUT2D eigenvalue weighted by molar-refractivity contribution is -0.141. The van der Waals surface area contributed by atoms with E-state index in [4.69, 9.17) is 9.84 Å². The van der Waals surface area contributed by atoms with E-state index in [0.29, 0.717) is 0 Å². The molecule has 1 aliphatic rings. The molecular weight excluding hydrogens is 384 g/mol. The lowest BCUT2D eigenvalue weighted by atomic mass is 9.98. The van der Waals surface area contributed by atoms with Gasteiger partial charge in [-0.3, -0.25) is 9.59 Å². The Kier molecular flexibility index (Phi) is 6.72. The second kappa shape index (κ2) is 9.43. The summed E-state index contributed by atoms with van der Waals surface area (Å²) in [4.78, 5) is 34.9. The quantitative estimate of drug-likeness (QED) is 0.620. The molecule has 0 heterocycles. The van der Waals surface area contributed by atoms with Crippen molar-refractivity contribution < 1.29 is 24.2 Å². The number of carboxylic acids is 1. The van der Waals surface area contributed by atoms with E-state index >= 15 is 0 Å². The number of ether oxygens (including phenoxy) is 1. The maximum atomic E-state index is 12.2. The molecule has 7 heteroatoms. The molecule has 2 atom stereocenters. The summed E-state index contributed by atoms with van der Waals surface area (Å²) in [6.07, 6.45) is -0.549. The number of nitrogens with one attached hydrogen (secondary N) is 2. The fraction of sp³-hybridized carbons (Fsp3) is 0.348. The van der Waals surface area contributed by atoms with Gasteiger partial charge in [0.1, 0.15) is 6.61 Å². The number of benzene rings is 2. The number of fused-ring (bicyclic) bond motifs is 3. The minimum absolute atomic E-state index is 0.0285. The van der Waals surface area contributed by atoms with Gasteiger partial charge in [-0.2, -0.15) is 0 Å². The molecule has 0 saturated carbocycles. The summed E-state index contributed by atoms with van der Waals surface area (Å²) >= 11 is 0. The third kappa shape index (κ3) is 4.97. The maximum Gasteiger partial charge on any atom is 0.407 e. The first kappa shape index (κ1) is 21.4. The predicted octanol–water partition coefficient (Wildman–Crippen LogP) is 3.14. The number of amides is 2. The molecule has 0 radical (unpaired) electrons. The normalized spacial score (nSPS) is 14.2. The minimum Gasteiger partial charge on any atom is -0.481 e. The fourth-order valence-corrected chi connectivity index (χ4v) is 3.60. The average molecular weight is 410 g/mol. The van der Waals surface area contributed by atoms with Crippen LogP contribution in [-0.4, -0.2) is 42.3 Å². The molecule has 158 valence electrons. The van der Waals surface area contributed by atoms with E-state index in [1.165, 1.54) is 6.92 Å². The summed E-state index contributed by atoms with van der Waals surface area (Å²) in [6, 6.07) is 15.7. The van der Waals surface area contributed by atoms with Crippen LogP contribution in [0.4, 0.5) is 4.79 Å². The van der Waals surface area contributed by atoms with Gasteiger partial charge in [0.25, 0.3) is 0 Å². The van der Waals surface area contributed by atoms with Crippen LogP contribution in [0, 0.1) is 5.92 Å². The van der Waals surface area contributed by atoms with Gasteiger partial charge in [-0.25, -0.2) is 4.79 Å². The van der Waals surface area contributed by atoms with Crippen molar-refractivity contribution in [2.45, 2.75) is 32.2 Å². The molecule has 30 heavy (non-hydrogen) atoms. The predicted molar refractivity (Wildman–Crippen MR) is 112 cm³/mol. The monoisotopic (exact) mass is 410 g/mol. The molecule has 3 N–H and O–H groups in total. The topological polar surface area (TPSA) is 105 Å². The number of carbonyl (C=O) groups is 3. The first-order valence-corrected chi connectivity index (χ1v) is 9.97. The van der Waals surface area contributed by atoms with Crippen molar-refractivity contribution in [2.75, 3.05) is 13.2 Å². The third-order valence-corrected chi connectivity index (χ3v) is 5.23. The second-order valence-corrected chi connectivity index (χ2v) is 7.62. The van der Waals surface area contributed by atoms with Crippen LogP contribution in [0.2, 0.25) is 0 Å². The van der Waals surface area contributed by atoms with Gasteiger partial charge in [-0.1, -0.05) is 55.5 Å². The van der Waals surface area contributed by atoms with E-state index in [2.05, 4.69) is 22.8 Å². The van der Waals surface area contributed by atoms with Crippen molar-refractivity contribution in [3.8, 4) is 11.1 Å². The van der Waals surface area contributed by atoms with Gasteiger partial charge >= 0.3 is 12.1 Å². The molecular formula is C23H26N2O5. The number of rotatable bonds is 8. The zero-order valence-electron chi connectivity index (χ0n) is 17.1. The zero-order valence-corrected chi connectivity index (χ0v) is 17.1. The van der Waals surface area contributed by atoms with Crippen LogP contribution >= 0.6 is 0 Å². The van der Waals surface area contributed by atoms with E-state index in [-0.39, 0.29) is 31.4 Å². The second-order valence-electron chi connectivity index (χ2n) is 7.62. The molecule has 3 rings (SSSR count). The van der Waals surface area contributed by atoms with Gasteiger partial charge < -0.3 is 20.5 Å². The Morgan fingerprint density at radius 1 is 1.00 bits per heavy atom. The lowest BCUT2D eigenvalue weighted by Gasteiger charge is -2.17. The Bertz CT molecular complexity index is 897. The van der Waals surface area contributed by atoms with Crippen LogP contribution < -0.4 is 10.6 Å². The van der Waals surface area contributed by atoms with Gasteiger partial charge in [-0.15, -0.1) is 0 Å². The van der Waals surface area contributed by atoms with Crippen molar-refractivity contribution in [3.05, 3.63) is 59.7 Å². The van der Waals surface area contributed by atoms with Crippen LogP contribution in [-0.2, 0) is 14.3 Å². The molecule has 2 amide bonds. The molecule has 0 bridgehead atoms. The van der Waals surface area contributed by atoms with Crippen molar-refractivity contribution in [1.82, 2.24) is 10.6 Å². The Labute approximate surface area is 175 Å². The fourth-order valence-electron chi connectivity index (χ4n) is 3.60. The molecule has 0 fully saturated rings. The van der Waals surface area contributed by atoms with Crippen LogP contribution in [0.15, 0.2) is 48.5 Å². The van der Waals surface area contributed by atoms with Crippen LogP contribution in [0.3, 0.4) is 0 Å². The highest BCUT2D eigenvalue weighted by molar-refractivity contribution is 5.80. The lowest BCUT2D eigenvalue weighted by Crippen LogP contribution is -2.39. The summed E-state index contributed by atoms with van der Waals surface area (Å²) in [5.41, 5.74) is 4.57. The highest BCUT2D eigenvalue weighted by Gasteiger charge is 2.29. The number of carbonyl (C=O) groups excluding carboxylic acids is 2. The van der Waals surface area contributed by atoms with E-state index in [1.807, 2.05) is 36.4 Å². The molecule has 1 aliphatic carbocycles. The van der Waals surface area contributed by atoms with Gasteiger partial charge in [0, 0.05) is 24.9 Å². The highest BCUT2D eigenvalue weighted by Crippen LogP contribution is 2.44. The number of alkyl carbamates (subject to hydrolysis) is 1. The van der Waals surface area contributed by atoms with Crippen molar-refractivity contribution in [1.29, 1.82) is 0 Å². The van der Waals surface area contributed by atoms with E-state index < -0.39 is 24.0 Å². The Balaban J connectivity index is 1.50. The summed E-state index contributed by atoms with van der Waals surface area (Å²) in [5, 5.41) is 14.1. The SMILES string of the molecule is CC(CNC(=O)C[C@H](C)NC(=O)OCC1c2ccccc2-c2ccccc21)C(=O)O. The van der Waals surface area contributed by atoms with Crippen molar-refractivity contribution >= 4 is 18.0 Å². The number of carboxylic acid groups (broad SMARTS) is 1. The van der Waals surface area contributed by atoms with Gasteiger partial charge in [0.05, 0.1) is 5.92 Å². The maximum absolute atomic E-state index is 12.2. The number of hydrogen-bond acceptors (Lipinski definition) is 4. The van der Waals surface area contributed by atoms with Gasteiger partial charge in [-0.05, 0) is 29.2 Å². The largest absolute Gasteiger partial charge is 0.481 e. The van der Waals surface area contributed by atoms with Crippen molar-refractivity contribution in [3.63, 3.8) is 0 Å². The first-order valence-electron chi connectivity index (χ1n) is 9.97. The molecule has 0 aromatic heterocycles. The van der Waals surface area contributed by atoms with Crippen LogP contribution in [0.25, 0.3) is 11.1 Å². The summed E-state index contributed by atoms with van der Waals surface area (Å²) in [5.74, 6) is -1.99. The molecule has 0 spiro atoms. The Morgan fingerprint density at radius 3 is 2.13 bits per heavy atom. The minimum atomic E-state index is -0.972. The molecule has 7 nitrogen and oxygen atoms in total. The molecule has 2 aromatic carbocycles. The first-order chi connectivity index (χ1) is 14.4. The summed E-state index contributed by atoms with van der Waals surface area (Å²) in [7, 11) is 0. The molecule has 1 unspecified atom stereocenters. The van der Waals surface area contributed by atoms with E-state index in [1.54, 1.807) is 6.92 Å². The van der Waals surface area contributed by atoms with Crippen LogP contribution in [0.5, 0.6) is 0 Å². The van der Waals surface area contributed by atoms with E-state index in [0.717, 1.165) is 22.3 Å². The number of hydrogen-bond donors (Lipinski definition) is 3. The highest BCUT2D eigenvalue weighted by atomic mass is 16.5. The smallest absolute Gasteiger partial charge is 0.407 e. The molecule has 2 aromatic rings. The third-order valence-electron chi connectivity index (χ3n) is 5.23.